The summed E-state index contributed by atoms with van der Waals surface area (Å²) in [4.78, 5) is 53.2. The molecule has 30 heavy (non-hydrogen) atoms. The summed E-state index contributed by atoms with van der Waals surface area (Å²) in [6, 6.07) is 3.35. The Kier molecular flexibility index (Phi) is 7.68. The molecule has 9 heteroatoms. The van der Waals surface area contributed by atoms with Crippen LogP contribution < -0.4 is 26.4 Å². The van der Waals surface area contributed by atoms with E-state index in [4.69, 9.17) is 5.73 Å². The van der Waals surface area contributed by atoms with E-state index in [1.54, 1.807) is 29.1 Å². The lowest BCUT2D eigenvalue weighted by molar-refractivity contribution is -0.684. The van der Waals surface area contributed by atoms with Crippen LogP contribution in [0.4, 0.5) is 11.5 Å². The van der Waals surface area contributed by atoms with Gasteiger partial charge in [-0.15, -0.1) is 0 Å². The molecule has 2 rings (SSSR count). The Bertz CT molecular complexity index is 1040. The van der Waals surface area contributed by atoms with Crippen LogP contribution in [0.15, 0.2) is 34.1 Å². The van der Waals surface area contributed by atoms with Gasteiger partial charge in [0, 0.05) is 19.2 Å². The number of anilines is 2. The number of nitrogens with one attached hydrogen (secondary N) is 1. The molecular formula is C21H30N5O4+. The van der Waals surface area contributed by atoms with Crippen molar-refractivity contribution in [1.82, 2.24) is 9.55 Å². The summed E-state index contributed by atoms with van der Waals surface area (Å²) < 4.78 is 2.88. The monoisotopic (exact) mass is 416 g/mol. The number of carbonyl (C=O) groups excluding carboxylic acids is 2. The minimum atomic E-state index is -0.690. The highest BCUT2D eigenvalue weighted by molar-refractivity contribution is 5.95. The van der Waals surface area contributed by atoms with E-state index in [1.807, 2.05) is 20.8 Å². The van der Waals surface area contributed by atoms with E-state index in [0.29, 0.717) is 18.5 Å². The first kappa shape index (κ1) is 23.1. The summed E-state index contributed by atoms with van der Waals surface area (Å²) in [7, 11) is 0. The van der Waals surface area contributed by atoms with Crippen LogP contribution in [0.1, 0.15) is 50.9 Å². The molecule has 0 radical (unpaired) electrons. The molecule has 1 amide bonds. The molecule has 0 saturated heterocycles. The van der Waals surface area contributed by atoms with Gasteiger partial charge in [-0.25, -0.2) is 4.79 Å². The number of aromatic amines is 1. The van der Waals surface area contributed by atoms with Crippen molar-refractivity contribution in [2.24, 2.45) is 5.92 Å². The van der Waals surface area contributed by atoms with Gasteiger partial charge in [-0.1, -0.05) is 27.2 Å². The van der Waals surface area contributed by atoms with Crippen molar-refractivity contribution in [2.45, 2.75) is 53.6 Å². The molecule has 0 fully saturated rings. The molecule has 162 valence electrons. The Hall–Kier alpha value is -3.23. The maximum Gasteiger partial charge on any atom is 0.330 e. The molecule has 0 aliphatic heterocycles. The predicted octanol–water partition coefficient (Wildman–Crippen LogP) is 1.10. The van der Waals surface area contributed by atoms with E-state index in [-0.39, 0.29) is 42.2 Å². The molecule has 0 saturated carbocycles. The standard InChI is InChI=1S/C21H29N5O4/c1-5-6-10-25(17(28)13-24-9-7-8-16(12-24)15(4)27)18-19(22)26(11-14(2)3)21(30)23-20(18)29/h7-9,12,14H,5-6,10-11,13H2,1-4H3,(H2-,22,23,29,30)/p+1. The lowest BCUT2D eigenvalue weighted by Crippen LogP contribution is -2.48. The molecule has 0 aromatic carbocycles. The van der Waals surface area contributed by atoms with Crippen LogP contribution in [-0.2, 0) is 17.9 Å². The average Bonchev–Trinajstić information content (AvgIpc) is 2.67. The van der Waals surface area contributed by atoms with Crippen LogP contribution in [0.3, 0.4) is 0 Å². The van der Waals surface area contributed by atoms with Gasteiger partial charge < -0.3 is 5.73 Å². The first-order valence-corrected chi connectivity index (χ1v) is 10.1. The Morgan fingerprint density at radius 1 is 1.30 bits per heavy atom. The van der Waals surface area contributed by atoms with Crippen molar-refractivity contribution in [2.75, 3.05) is 17.2 Å². The van der Waals surface area contributed by atoms with E-state index in [0.717, 1.165) is 6.42 Å². The molecule has 2 heterocycles. The lowest BCUT2D eigenvalue weighted by Gasteiger charge is -2.24. The first-order valence-electron chi connectivity index (χ1n) is 10.1. The molecule has 3 N–H and O–H groups in total. The number of amides is 1. The number of rotatable bonds is 9. The zero-order valence-corrected chi connectivity index (χ0v) is 18.0. The van der Waals surface area contributed by atoms with Crippen molar-refractivity contribution in [3.8, 4) is 0 Å². The number of Topliss-reactive ketones (excluding diaryl/α,β-unsaturated/α-hetero) is 1. The number of nitrogens with two attached hydrogens (primary N) is 1. The van der Waals surface area contributed by atoms with E-state index in [2.05, 4.69) is 4.98 Å². The molecule has 0 atom stereocenters. The average molecular weight is 417 g/mol. The summed E-state index contributed by atoms with van der Waals surface area (Å²) in [5.74, 6) is -0.375. The van der Waals surface area contributed by atoms with E-state index in [1.165, 1.54) is 16.4 Å². The van der Waals surface area contributed by atoms with Gasteiger partial charge >= 0.3 is 5.69 Å². The zero-order chi connectivity index (χ0) is 22.4. The van der Waals surface area contributed by atoms with Crippen molar-refractivity contribution in [1.29, 1.82) is 0 Å². The van der Waals surface area contributed by atoms with Gasteiger partial charge in [-0.3, -0.25) is 28.8 Å². The molecule has 0 bridgehead atoms. The summed E-state index contributed by atoms with van der Waals surface area (Å²) >= 11 is 0. The van der Waals surface area contributed by atoms with Gasteiger partial charge in [-0.05, 0) is 25.3 Å². The molecule has 9 nitrogen and oxygen atoms in total. The molecule has 2 aromatic rings. The second-order valence-corrected chi connectivity index (χ2v) is 7.72. The second kappa shape index (κ2) is 10.00. The lowest BCUT2D eigenvalue weighted by atomic mass is 10.2. The Labute approximate surface area is 175 Å². The summed E-state index contributed by atoms with van der Waals surface area (Å²) in [6.07, 6.45) is 4.73. The second-order valence-electron chi connectivity index (χ2n) is 7.72. The number of nitrogen functional groups attached to an aromatic ring is 1. The Balaban J connectivity index is 2.48. The van der Waals surface area contributed by atoms with Gasteiger partial charge in [0.2, 0.25) is 6.54 Å². The largest absolute Gasteiger partial charge is 0.383 e. The smallest absolute Gasteiger partial charge is 0.330 e. The summed E-state index contributed by atoms with van der Waals surface area (Å²) in [5, 5.41) is 0. The number of aromatic nitrogens is 3. The summed E-state index contributed by atoms with van der Waals surface area (Å²) in [5.41, 5.74) is 5.38. The maximum absolute atomic E-state index is 13.1. The van der Waals surface area contributed by atoms with Crippen molar-refractivity contribution >= 4 is 23.2 Å². The quantitative estimate of drug-likeness (QED) is 0.468. The fraction of sp³-hybridized carbons (Fsp3) is 0.476. The highest BCUT2D eigenvalue weighted by Gasteiger charge is 2.26. The van der Waals surface area contributed by atoms with Crippen molar-refractivity contribution in [3.05, 3.63) is 50.9 Å². The number of pyridine rings is 1. The number of unbranched alkanes of at least 4 members (excludes halogenated alkanes) is 1. The fourth-order valence-electron chi connectivity index (χ4n) is 3.13. The van der Waals surface area contributed by atoms with E-state index < -0.39 is 11.2 Å². The SMILES string of the molecule is CCCCN(C(=O)C[n+]1cccc(C(C)=O)c1)c1c(N)n(CC(C)C)c(=O)[nH]c1=O. The van der Waals surface area contributed by atoms with Crippen molar-refractivity contribution in [3.63, 3.8) is 0 Å². The summed E-state index contributed by atoms with van der Waals surface area (Å²) in [6.45, 7) is 7.81. The third-order valence-corrected chi connectivity index (χ3v) is 4.65. The zero-order valence-electron chi connectivity index (χ0n) is 18.0. The highest BCUT2D eigenvalue weighted by Crippen LogP contribution is 2.18. The number of hydrogen-bond acceptors (Lipinski definition) is 5. The molecule has 0 spiro atoms. The molecule has 0 aliphatic carbocycles. The first-order chi connectivity index (χ1) is 14.1. The topological polar surface area (TPSA) is 122 Å². The van der Waals surface area contributed by atoms with Crippen LogP contribution in [-0.4, -0.2) is 27.8 Å². The molecular weight excluding hydrogens is 386 g/mol. The van der Waals surface area contributed by atoms with Crippen LogP contribution in [0.25, 0.3) is 0 Å². The van der Waals surface area contributed by atoms with E-state index in [9.17, 15) is 19.2 Å². The molecule has 0 aliphatic rings. The third kappa shape index (κ3) is 5.43. The third-order valence-electron chi connectivity index (χ3n) is 4.65. The number of hydrogen-bond donors (Lipinski definition) is 2. The number of ketones is 1. The van der Waals surface area contributed by atoms with Gasteiger partial charge in [0.15, 0.2) is 23.9 Å². The fourth-order valence-corrected chi connectivity index (χ4v) is 3.13. The Morgan fingerprint density at radius 2 is 2.00 bits per heavy atom. The van der Waals surface area contributed by atoms with Gasteiger partial charge in [0.25, 0.3) is 11.5 Å². The van der Waals surface area contributed by atoms with Crippen LogP contribution in [0, 0.1) is 5.92 Å². The number of carbonyl (C=O) groups is 2. The minimum Gasteiger partial charge on any atom is -0.383 e. The highest BCUT2D eigenvalue weighted by atomic mass is 16.2. The molecule has 2 aromatic heterocycles. The number of H-pyrrole nitrogens is 1. The Morgan fingerprint density at radius 3 is 2.60 bits per heavy atom. The van der Waals surface area contributed by atoms with Gasteiger partial charge in [0.1, 0.15) is 5.82 Å². The normalized spacial score (nSPS) is 11.0. The van der Waals surface area contributed by atoms with Gasteiger partial charge in [-0.2, -0.15) is 4.57 Å². The van der Waals surface area contributed by atoms with Crippen LogP contribution in [0.2, 0.25) is 0 Å². The molecule has 0 unspecified atom stereocenters. The number of nitrogens with zero attached hydrogens (tertiary/aromatic N) is 3. The van der Waals surface area contributed by atoms with E-state index >= 15 is 0 Å². The van der Waals surface area contributed by atoms with Crippen LogP contribution in [0.5, 0.6) is 0 Å². The maximum atomic E-state index is 13.1. The minimum absolute atomic E-state index is 0.0166. The van der Waals surface area contributed by atoms with Crippen molar-refractivity contribution < 1.29 is 14.2 Å². The van der Waals surface area contributed by atoms with Crippen LogP contribution >= 0.6 is 0 Å². The van der Waals surface area contributed by atoms with Gasteiger partial charge in [0.05, 0.1) is 5.56 Å². The predicted molar refractivity (Wildman–Crippen MR) is 114 cm³/mol.